The molecule has 1 N–H and O–H groups in total. The van der Waals surface area contributed by atoms with E-state index < -0.39 is 0 Å². The van der Waals surface area contributed by atoms with Gasteiger partial charge in [0.2, 0.25) is 0 Å². The Labute approximate surface area is 144 Å². The number of ether oxygens (including phenoxy) is 2. The van der Waals surface area contributed by atoms with Gasteiger partial charge in [-0.25, -0.2) is 0 Å². The first kappa shape index (κ1) is 20.9. The zero-order valence-corrected chi connectivity index (χ0v) is 15.4. The summed E-state index contributed by atoms with van der Waals surface area (Å²) in [5.74, 6) is 0. The number of rotatable bonds is 15. The molecule has 1 fully saturated rings. The van der Waals surface area contributed by atoms with Gasteiger partial charge in [-0.1, -0.05) is 77.6 Å². The summed E-state index contributed by atoms with van der Waals surface area (Å²) in [6, 6.07) is 0. The molecule has 0 radical (unpaired) electrons. The van der Waals surface area contributed by atoms with Crippen LogP contribution in [0.25, 0.3) is 0 Å². The molecule has 1 saturated heterocycles. The summed E-state index contributed by atoms with van der Waals surface area (Å²) in [4.78, 5) is 0. The highest BCUT2D eigenvalue weighted by Gasteiger charge is 2.25. The van der Waals surface area contributed by atoms with Gasteiger partial charge < -0.3 is 14.6 Å². The van der Waals surface area contributed by atoms with E-state index in [4.69, 9.17) is 14.6 Å². The van der Waals surface area contributed by atoms with Gasteiger partial charge in [0.05, 0.1) is 25.4 Å². The van der Waals surface area contributed by atoms with Gasteiger partial charge in [0.15, 0.2) is 0 Å². The fourth-order valence-corrected chi connectivity index (χ4v) is 3.44. The monoisotopic (exact) mass is 328 g/mol. The first-order valence-corrected chi connectivity index (χ1v) is 10.2. The van der Waals surface area contributed by atoms with Crippen LogP contribution in [0.15, 0.2) is 0 Å². The second kappa shape index (κ2) is 15.4. The summed E-state index contributed by atoms with van der Waals surface area (Å²) in [5.41, 5.74) is 0. The molecule has 0 saturated carbocycles. The van der Waals surface area contributed by atoms with E-state index in [-0.39, 0.29) is 0 Å². The van der Waals surface area contributed by atoms with E-state index in [0.717, 1.165) is 38.9 Å². The smallest absolute Gasteiger partial charge is 0.0837 e. The molecule has 0 aromatic carbocycles. The molecule has 138 valence electrons. The van der Waals surface area contributed by atoms with Crippen molar-refractivity contribution in [2.45, 2.75) is 109 Å². The third kappa shape index (κ3) is 11.1. The lowest BCUT2D eigenvalue weighted by Crippen LogP contribution is -2.38. The van der Waals surface area contributed by atoms with E-state index in [1.54, 1.807) is 0 Å². The summed E-state index contributed by atoms with van der Waals surface area (Å²) in [7, 11) is 0. The van der Waals surface area contributed by atoms with Gasteiger partial charge >= 0.3 is 0 Å². The lowest BCUT2D eigenvalue weighted by atomic mass is 9.99. The molecular weight excluding hydrogens is 288 g/mol. The molecule has 3 nitrogen and oxygen atoms in total. The van der Waals surface area contributed by atoms with Crippen LogP contribution in [0.1, 0.15) is 96.8 Å². The van der Waals surface area contributed by atoms with Gasteiger partial charge in [0.1, 0.15) is 0 Å². The minimum atomic E-state index is 0.308. The quantitative estimate of drug-likeness (QED) is 0.418. The Bertz CT molecular complexity index is 245. The molecule has 23 heavy (non-hydrogen) atoms. The van der Waals surface area contributed by atoms with Crippen molar-refractivity contribution in [3.63, 3.8) is 0 Å². The largest absolute Gasteiger partial charge is 0.396 e. The molecule has 1 heterocycles. The van der Waals surface area contributed by atoms with Gasteiger partial charge in [0.25, 0.3) is 0 Å². The van der Waals surface area contributed by atoms with E-state index in [1.807, 2.05) is 0 Å². The first-order valence-electron chi connectivity index (χ1n) is 10.2. The Morgan fingerprint density at radius 1 is 0.652 bits per heavy atom. The van der Waals surface area contributed by atoms with Crippen LogP contribution in [0.5, 0.6) is 0 Å². The summed E-state index contributed by atoms with van der Waals surface area (Å²) in [5, 5.41) is 8.81. The maximum Gasteiger partial charge on any atom is 0.0837 e. The lowest BCUT2D eigenvalue weighted by molar-refractivity contribution is -0.145. The average Bonchev–Trinajstić information content (AvgIpc) is 2.58. The molecule has 0 bridgehead atoms. The molecular formula is C20H40O3. The van der Waals surface area contributed by atoms with Crippen LogP contribution >= 0.6 is 0 Å². The zero-order valence-electron chi connectivity index (χ0n) is 15.4. The van der Waals surface area contributed by atoms with Crippen LogP contribution in [0.2, 0.25) is 0 Å². The third-order valence-corrected chi connectivity index (χ3v) is 4.90. The maximum absolute atomic E-state index is 8.81. The van der Waals surface area contributed by atoms with Crippen molar-refractivity contribution in [1.82, 2.24) is 0 Å². The Morgan fingerprint density at radius 2 is 1.09 bits per heavy atom. The fourth-order valence-electron chi connectivity index (χ4n) is 3.44. The minimum absolute atomic E-state index is 0.308. The van der Waals surface area contributed by atoms with Gasteiger partial charge in [-0.3, -0.25) is 0 Å². The molecule has 2 atom stereocenters. The molecule has 1 rings (SSSR count). The number of hydrogen-bond acceptors (Lipinski definition) is 3. The van der Waals surface area contributed by atoms with E-state index in [1.165, 1.54) is 64.2 Å². The van der Waals surface area contributed by atoms with Gasteiger partial charge in [0, 0.05) is 6.61 Å². The third-order valence-electron chi connectivity index (χ3n) is 4.90. The van der Waals surface area contributed by atoms with E-state index in [0.29, 0.717) is 18.8 Å². The summed E-state index contributed by atoms with van der Waals surface area (Å²) < 4.78 is 11.9. The molecule has 0 aromatic rings. The van der Waals surface area contributed by atoms with Crippen molar-refractivity contribution in [1.29, 1.82) is 0 Å². The second-order valence-electron chi connectivity index (χ2n) is 7.01. The molecule has 0 amide bonds. The lowest BCUT2D eigenvalue weighted by Gasteiger charge is -2.32. The molecule has 0 aliphatic carbocycles. The summed E-state index contributed by atoms with van der Waals surface area (Å²) >= 11 is 0. The van der Waals surface area contributed by atoms with Crippen LogP contribution in [0.3, 0.4) is 0 Å². The Balaban J connectivity index is 2.02. The van der Waals surface area contributed by atoms with E-state index in [9.17, 15) is 0 Å². The number of unbranched alkanes of at least 4 members (excludes halogenated alkanes) is 10. The average molecular weight is 329 g/mol. The first-order chi connectivity index (χ1) is 11.4. The molecule has 1 aliphatic rings. The Hall–Kier alpha value is -0.120. The molecule has 0 spiro atoms. The van der Waals surface area contributed by atoms with Crippen molar-refractivity contribution < 1.29 is 14.6 Å². The van der Waals surface area contributed by atoms with E-state index >= 15 is 0 Å². The highest BCUT2D eigenvalue weighted by atomic mass is 16.6. The molecule has 1 aliphatic heterocycles. The predicted octanol–water partition coefficient (Wildman–Crippen LogP) is 5.24. The Morgan fingerprint density at radius 3 is 1.57 bits per heavy atom. The second-order valence-corrected chi connectivity index (χ2v) is 7.01. The van der Waals surface area contributed by atoms with Crippen LogP contribution in [-0.2, 0) is 9.47 Å². The topological polar surface area (TPSA) is 38.7 Å². The predicted molar refractivity (Wildman–Crippen MR) is 96.9 cm³/mol. The van der Waals surface area contributed by atoms with Crippen molar-refractivity contribution >= 4 is 0 Å². The van der Waals surface area contributed by atoms with Crippen LogP contribution in [0.4, 0.5) is 0 Å². The van der Waals surface area contributed by atoms with Gasteiger partial charge in [-0.2, -0.15) is 0 Å². The summed E-state index contributed by atoms with van der Waals surface area (Å²) in [6.45, 7) is 4.12. The maximum atomic E-state index is 8.81. The molecule has 3 heteroatoms. The highest BCUT2D eigenvalue weighted by molar-refractivity contribution is 4.74. The standard InChI is InChI=1S/C20H40O3/c1-2-3-4-5-6-7-8-11-14-19-20(23-18-17-22-19)15-12-9-10-13-16-21/h19-21H,2-18H2,1H3. The van der Waals surface area contributed by atoms with Gasteiger partial charge in [-0.05, 0) is 19.3 Å². The molecule has 0 aromatic heterocycles. The Kier molecular flexibility index (Phi) is 14.0. The van der Waals surface area contributed by atoms with Crippen molar-refractivity contribution in [3.05, 3.63) is 0 Å². The van der Waals surface area contributed by atoms with Crippen LogP contribution < -0.4 is 0 Å². The molecule has 2 unspecified atom stereocenters. The minimum Gasteiger partial charge on any atom is -0.396 e. The fraction of sp³-hybridized carbons (Fsp3) is 1.00. The zero-order chi connectivity index (χ0) is 16.6. The highest BCUT2D eigenvalue weighted by Crippen LogP contribution is 2.22. The van der Waals surface area contributed by atoms with Crippen molar-refractivity contribution in [2.75, 3.05) is 19.8 Å². The summed E-state index contributed by atoms with van der Waals surface area (Å²) in [6.07, 6.45) is 18.3. The number of aliphatic hydroxyl groups is 1. The van der Waals surface area contributed by atoms with Crippen LogP contribution in [0, 0.1) is 0 Å². The number of aliphatic hydroxyl groups excluding tert-OH is 1. The van der Waals surface area contributed by atoms with Crippen LogP contribution in [-0.4, -0.2) is 37.1 Å². The number of hydrogen-bond donors (Lipinski definition) is 1. The normalized spacial score (nSPS) is 21.7. The van der Waals surface area contributed by atoms with Crippen molar-refractivity contribution in [3.8, 4) is 0 Å². The SMILES string of the molecule is CCCCCCCCCCC1OCCOC1CCCCCCO. The van der Waals surface area contributed by atoms with E-state index in [2.05, 4.69) is 6.92 Å². The van der Waals surface area contributed by atoms with Gasteiger partial charge in [-0.15, -0.1) is 0 Å². The van der Waals surface area contributed by atoms with Crippen molar-refractivity contribution in [2.24, 2.45) is 0 Å².